The number of rotatable bonds is 6. The Kier molecular flexibility index (Phi) is 7.28. The highest BCUT2D eigenvalue weighted by molar-refractivity contribution is 7.15. The molecule has 0 radical (unpaired) electrons. The number of aromatic nitrogens is 1. The number of nitrogens with one attached hydrogen (secondary N) is 1. The van der Waals surface area contributed by atoms with E-state index in [0.29, 0.717) is 0 Å². The number of piperazine rings is 1. The SMILES string of the molecule is CC(C)(C)OC(=O)N1CCN(CCCNCc2ncc(Cl)s2)CC1. The molecule has 8 heteroatoms. The van der Waals surface area contributed by atoms with E-state index in [1.807, 2.05) is 20.8 Å². The molecular formula is C16H27ClN4O2S. The van der Waals surface area contributed by atoms with Gasteiger partial charge >= 0.3 is 6.09 Å². The smallest absolute Gasteiger partial charge is 0.410 e. The van der Waals surface area contributed by atoms with Crippen LogP contribution in [0.25, 0.3) is 0 Å². The van der Waals surface area contributed by atoms with Gasteiger partial charge in [0.05, 0.1) is 6.20 Å². The van der Waals surface area contributed by atoms with Crippen LogP contribution in [0, 0.1) is 0 Å². The van der Waals surface area contributed by atoms with Crippen LogP contribution in [-0.2, 0) is 11.3 Å². The standard InChI is InChI=1S/C16H27ClN4O2S/c1-16(2,3)23-15(22)21-9-7-20(8-10-21)6-4-5-18-12-14-19-11-13(17)24-14/h11,18H,4-10,12H2,1-3H3. The summed E-state index contributed by atoms with van der Waals surface area (Å²) in [6.07, 6.45) is 2.56. The van der Waals surface area contributed by atoms with Gasteiger partial charge in [0, 0.05) is 32.7 Å². The minimum Gasteiger partial charge on any atom is -0.444 e. The van der Waals surface area contributed by atoms with E-state index in [-0.39, 0.29) is 6.09 Å². The summed E-state index contributed by atoms with van der Waals surface area (Å²) < 4.78 is 6.14. The molecule has 136 valence electrons. The van der Waals surface area contributed by atoms with Crippen LogP contribution < -0.4 is 5.32 Å². The summed E-state index contributed by atoms with van der Waals surface area (Å²) in [6, 6.07) is 0. The molecule has 0 spiro atoms. The van der Waals surface area contributed by atoms with Gasteiger partial charge in [0.1, 0.15) is 14.9 Å². The molecule has 1 amide bonds. The minimum absolute atomic E-state index is 0.203. The second-order valence-electron chi connectivity index (χ2n) is 6.90. The summed E-state index contributed by atoms with van der Waals surface area (Å²) >= 11 is 7.37. The predicted octanol–water partition coefficient (Wildman–Crippen LogP) is 2.83. The molecule has 24 heavy (non-hydrogen) atoms. The summed E-state index contributed by atoms with van der Waals surface area (Å²) in [7, 11) is 0. The van der Waals surface area contributed by atoms with Crippen LogP contribution >= 0.6 is 22.9 Å². The number of hydrogen-bond donors (Lipinski definition) is 1. The number of amides is 1. The van der Waals surface area contributed by atoms with Crippen LogP contribution in [0.3, 0.4) is 0 Å². The van der Waals surface area contributed by atoms with Crippen molar-refractivity contribution >= 4 is 29.0 Å². The number of hydrogen-bond acceptors (Lipinski definition) is 6. The second kappa shape index (κ2) is 8.99. The Morgan fingerprint density at radius 2 is 2.08 bits per heavy atom. The highest BCUT2D eigenvalue weighted by atomic mass is 35.5. The van der Waals surface area contributed by atoms with Crippen LogP contribution in [0.4, 0.5) is 4.79 Å². The van der Waals surface area contributed by atoms with Crippen molar-refractivity contribution in [3.05, 3.63) is 15.5 Å². The van der Waals surface area contributed by atoms with Crippen LogP contribution in [0.1, 0.15) is 32.2 Å². The van der Waals surface area contributed by atoms with E-state index in [1.54, 1.807) is 11.1 Å². The normalized spacial score (nSPS) is 16.4. The zero-order chi connectivity index (χ0) is 17.6. The Bertz CT molecular complexity index is 524. The van der Waals surface area contributed by atoms with Crippen molar-refractivity contribution < 1.29 is 9.53 Å². The summed E-state index contributed by atoms with van der Waals surface area (Å²) in [5.74, 6) is 0. The van der Waals surface area contributed by atoms with E-state index in [2.05, 4.69) is 15.2 Å². The van der Waals surface area contributed by atoms with Crippen molar-refractivity contribution in [1.82, 2.24) is 20.1 Å². The molecule has 1 aromatic heterocycles. The molecule has 0 aromatic carbocycles. The molecule has 1 aliphatic rings. The van der Waals surface area contributed by atoms with Crippen molar-refractivity contribution in [3.8, 4) is 0 Å². The molecule has 0 aliphatic carbocycles. The third-order valence-corrected chi connectivity index (χ3v) is 4.77. The van der Waals surface area contributed by atoms with Crippen molar-refractivity contribution in [3.63, 3.8) is 0 Å². The minimum atomic E-state index is -0.429. The predicted molar refractivity (Wildman–Crippen MR) is 97.7 cm³/mol. The lowest BCUT2D eigenvalue weighted by Crippen LogP contribution is -2.50. The first-order valence-electron chi connectivity index (χ1n) is 8.35. The molecule has 1 aliphatic heterocycles. The summed E-state index contributed by atoms with van der Waals surface area (Å²) in [6.45, 7) is 11.7. The second-order valence-corrected chi connectivity index (χ2v) is 8.64. The van der Waals surface area contributed by atoms with Gasteiger partial charge in [-0.05, 0) is 40.3 Å². The first kappa shape index (κ1) is 19.4. The Hall–Kier alpha value is -0.890. The zero-order valence-corrected chi connectivity index (χ0v) is 16.3. The summed E-state index contributed by atoms with van der Waals surface area (Å²) in [4.78, 5) is 20.4. The van der Waals surface area contributed by atoms with Gasteiger partial charge in [-0.2, -0.15) is 0 Å². The lowest BCUT2D eigenvalue weighted by Gasteiger charge is -2.35. The third kappa shape index (κ3) is 6.93. The maximum Gasteiger partial charge on any atom is 0.410 e. The van der Waals surface area contributed by atoms with Gasteiger partial charge < -0.3 is 15.0 Å². The van der Waals surface area contributed by atoms with Gasteiger partial charge in [-0.3, -0.25) is 4.90 Å². The van der Waals surface area contributed by atoms with Gasteiger partial charge in [0.25, 0.3) is 0 Å². The molecule has 0 atom stereocenters. The van der Waals surface area contributed by atoms with E-state index >= 15 is 0 Å². The van der Waals surface area contributed by atoms with Gasteiger partial charge in [0.2, 0.25) is 0 Å². The van der Waals surface area contributed by atoms with Crippen molar-refractivity contribution in [1.29, 1.82) is 0 Å². The monoisotopic (exact) mass is 374 g/mol. The number of ether oxygens (including phenoxy) is 1. The van der Waals surface area contributed by atoms with E-state index < -0.39 is 5.60 Å². The first-order valence-corrected chi connectivity index (χ1v) is 9.54. The quantitative estimate of drug-likeness (QED) is 0.776. The van der Waals surface area contributed by atoms with Gasteiger partial charge in [-0.1, -0.05) is 11.6 Å². The zero-order valence-electron chi connectivity index (χ0n) is 14.7. The molecule has 1 N–H and O–H groups in total. The van der Waals surface area contributed by atoms with E-state index in [4.69, 9.17) is 16.3 Å². The highest BCUT2D eigenvalue weighted by Crippen LogP contribution is 2.17. The average Bonchev–Trinajstić information content (AvgIpc) is 2.91. The average molecular weight is 375 g/mol. The Balaban J connectivity index is 1.55. The number of thiazole rings is 1. The molecule has 0 bridgehead atoms. The molecule has 0 unspecified atom stereocenters. The van der Waals surface area contributed by atoms with E-state index in [1.165, 1.54) is 11.3 Å². The third-order valence-electron chi connectivity index (χ3n) is 3.65. The first-order chi connectivity index (χ1) is 11.3. The van der Waals surface area contributed by atoms with E-state index in [0.717, 1.165) is 61.6 Å². The van der Waals surface area contributed by atoms with Gasteiger partial charge in [-0.25, -0.2) is 9.78 Å². The van der Waals surface area contributed by atoms with Crippen molar-refractivity contribution in [2.24, 2.45) is 0 Å². The molecule has 1 fully saturated rings. The van der Waals surface area contributed by atoms with Crippen LogP contribution in [0.15, 0.2) is 6.20 Å². The fourth-order valence-electron chi connectivity index (χ4n) is 2.47. The molecule has 6 nitrogen and oxygen atoms in total. The molecule has 0 saturated carbocycles. The molecule has 1 aromatic rings. The maximum atomic E-state index is 12.0. The summed E-state index contributed by atoms with van der Waals surface area (Å²) in [5.41, 5.74) is -0.429. The van der Waals surface area contributed by atoms with Crippen molar-refractivity contribution in [2.45, 2.75) is 39.3 Å². The topological polar surface area (TPSA) is 57.7 Å². The van der Waals surface area contributed by atoms with Crippen LogP contribution in [0.5, 0.6) is 0 Å². The molecular weight excluding hydrogens is 348 g/mol. The number of halogens is 1. The number of carbonyl (C=O) groups excluding carboxylic acids is 1. The lowest BCUT2D eigenvalue weighted by atomic mass is 10.2. The fraction of sp³-hybridized carbons (Fsp3) is 0.750. The van der Waals surface area contributed by atoms with E-state index in [9.17, 15) is 4.79 Å². The fourth-order valence-corrected chi connectivity index (χ4v) is 3.40. The van der Waals surface area contributed by atoms with Crippen LogP contribution in [-0.4, -0.2) is 65.7 Å². The van der Waals surface area contributed by atoms with Gasteiger partial charge in [-0.15, -0.1) is 11.3 Å². The number of carbonyl (C=O) groups is 1. The maximum absolute atomic E-state index is 12.0. The number of nitrogens with zero attached hydrogens (tertiary/aromatic N) is 3. The Morgan fingerprint density at radius 1 is 1.38 bits per heavy atom. The van der Waals surface area contributed by atoms with Crippen LogP contribution in [0.2, 0.25) is 4.34 Å². The Morgan fingerprint density at radius 3 is 2.67 bits per heavy atom. The Labute approximate surface area is 153 Å². The largest absolute Gasteiger partial charge is 0.444 e. The lowest BCUT2D eigenvalue weighted by molar-refractivity contribution is 0.0144. The van der Waals surface area contributed by atoms with Crippen molar-refractivity contribution in [2.75, 3.05) is 39.3 Å². The molecule has 1 saturated heterocycles. The van der Waals surface area contributed by atoms with Gasteiger partial charge in [0.15, 0.2) is 0 Å². The molecule has 2 heterocycles. The molecule has 2 rings (SSSR count). The highest BCUT2D eigenvalue weighted by Gasteiger charge is 2.25. The summed E-state index contributed by atoms with van der Waals surface area (Å²) in [5, 5.41) is 4.40.